The molecule has 66 heavy (non-hydrogen) atoms. The van der Waals surface area contributed by atoms with Crippen LogP contribution < -0.4 is 4.90 Å². The lowest BCUT2D eigenvalue weighted by Gasteiger charge is -2.26. The molecule has 11 aromatic rings. The molecule has 0 saturated carbocycles. The average Bonchev–Trinajstić information content (AvgIpc) is 3.62. The fourth-order valence-electron chi connectivity index (χ4n) is 10.5. The summed E-state index contributed by atoms with van der Waals surface area (Å²) in [6.45, 7) is 4.70. The molecule has 11 aromatic carbocycles. The highest BCUT2D eigenvalue weighted by Crippen LogP contribution is 2.50. The lowest BCUT2D eigenvalue weighted by Crippen LogP contribution is -2.14. The van der Waals surface area contributed by atoms with Crippen molar-refractivity contribution < 1.29 is 0 Å². The van der Waals surface area contributed by atoms with E-state index in [1.54, 1.807) is 0 Å². The molecule has 0 unspecified atom stereocenters. The third kappa shape index (κ3) is 6.80. The third-order valence-corrected chi connectivity index (χ3v) is 13.9. The lowest BCUT2D eigenvalue weighted by molar-refractivity contribution is 0.660. The van der Waals surface area contributed by atoms with E-state index < -0.39 is 0 Å². The Labute approximate surface area is 387 Å². The topological polar surface area (TPSA) is 3.24 Å². The molecular formula is C65H47N. The monoisotopic (exact) mass is 841 g/mol. The maximum Gasteiger partial charge on any atom is 0.0462 e. The molecule has 0 aromatic heterocycles. The molecule has 1 nitrogen and oxygen atoms in total. The van der Waals surface area contributed by atoms with Crippen molar-refractivity contribution in [3.63, 3.8) is 0 Å². The number of benzene rings is 11. The van der Waals surface area contributed by atoms with Crippen LogP contribution in [0, 0.1) is 0 Å². The van der Waals surface area contributed by atoms with Gasteiger partial charge in [-0.25, -0.2) is 0 Å². The van der Waals surface area contributed by atoms with Gasteiger partial charge in [-0.15, -0.1) is 0 Å². The summed E-state index contributed by atoms with van der Waals surface area (Å²) in [6.07, 6.45) is 0. The molecule has 1 aliphatic carbocycles. The summed E-state index contributed by atoms with van der Waals surface area (Å²) in [7, 11) is 0. The molecule has 0 spiro atoms. The van der Waals surface area contributed by atoms with Crippen molar-refractivity contribution in [2.24, 2.45) is 0 Å². The zero-order valence-electron chi connectivity index (χ0n) is 37.1. The minimum absolute atomic E-state index is 0.0517. The minimum Gasteiger partial charge on any atom is -0.311 e. The van der Waals surface area contributed by atoms with Crippen LogP contribution in [0.1, 0.15) is 25.0 Å². The summed E-state index contributed by atoms with van der Waals surface area (Å²) in [4.78, 5) is 2.38. The highest BCUT2D eigenvalue weighted by molar-refractivity contribution is 6.12. The molecule has 1 heteroatoms. The van der Waals surface area contributed by atoms with Gasteiger partial charge in [-0.1, -0.05) is 214 Å². The highest BCUT2D eigenvalue weighted by atomic mass is 15.1. The molecular weight excluding hydrogens is 795 g/mol. The summed E-state index contributed by atoms with van der Waals surface area (Å²) >= 11 is 0. The molecule has 0 amide bonds. The quantitative estimate of drug-likeness (QED) is 0.138. The van der Waals surface area contributed by atoms with Gasteiger partial charge in [0, 0.05) is 22.5 Å². The molecule has 12 rings (SSSR count). The molecule has 0 atom stereocenters. The third-order valence-electron chi connectivity index (χ3n) is 13.9. The van der Waals surface area contributed by atoms with Gasteiger partial charge < -0.3 is 4.90 Å². The van der Waals surface area contributed by atoms with Crippen molar-refractivity contribution in [2.75, 3.05) is 4.90 Å². The fourth-order valence-corrected chi connectivity index (χ4v) is 10.5. The maximum atomic E-state index is 2.41. The van der Waals surface area contributed by atoms with Crippen molar-refractivity contribution >= 4 is 38.6 Å². The zero-order chi connectivity index (χ0) is 44.2. The van der Waals surface area contributed by atoms with Crippen LogP contribution in [-0.4, -0.2) is 0 Å². The van der Waals surface area contributed by atoms with E-state index in [0.717, 1.165) is 17.1 Å². The van der Waals surface area contributed by atoms with E-state index in [2.05, 4.69) is 267 Å². The lowest BCUT2D eigenvalue weighted by atomic mass is 9.81. The van der Waals surface area contributed by atoms with E-state index in [1.165, 1.54) is 99.4 Å². The number of fused-ring (bicyclic) bond motifs is 6. The van der Waals surface area contributed by atoms with Crippen LogP contribution in [0.2, 0.25) is 0 Å². The summed E-state index contributed by atoms with van der Waals surface area (Å²) in [5, 5.41) is 5.08. The Morgan fingerprint density at radius 3 is 1.39 bits per heavy atom. The van der Waals surface area contributed by atoms with Crippen LogP contribution in [0.15, 0.2) is 249 Å². The number of nitrogens with zero attached hydrogens (tertiary/aromatic N) is 1. The van der Waals surface area contributed by atoms with Gasteiger partial charge in [0.25, 0.3) is 0 Å². The summed E-state index contributed by atoms with van der Waals surface area (Å²) < 4.78 is 0. The molecule has 312 valence electrons. The molecule has 0 fully saturated rings. The number of hydrogen-bond acceptors (Lipinski definition) is 1. The van der Waals surface area contributed by atoms with Crippen LogP contribution in [0.5, 0.6) is 0 Å². The van der Waals surface area contributed by atoms with Crippen molar-refractivity contribution in [3.05, 3.63) is 260 Å². The average molecular weight is 842 g/mol. The Morgan fingerprint density at radius 2 is 0.727 bits per heavy atom. The first kappa shape index (κ1) is 39.3. The van der Waals surface area contributed by atoms with Crippen LogP contribution in [0.3, 0.4) is 0 Å². The second kappa shape index (κ2) is 16.1. The predicted octanol–water partition coefficient (Wildman–Crippen LogP) is 18.1. The van der Waals surface area contributed by atoms with Gasteiger partial charge in [-0.05, 0) is 148 Å². The van der Waals surface area contributed by atoms with Crippen molar-refractivity contribution in [1.29, 1.82) is 0 Å². The second-order valence-electron chi connectivity index (χ2n) is 18.1. The molecule has 0 bridgehead atoms. The zero-order valence-corrected chi connectivity index (χ0v) is 37.1. The van der Waals surface area contributed by atoms with Gasteiger partial charge in [0.2, 0.25) is 0 Å². The van der Waals surface area contributed by atoms with E-state index in [1.807, 2.05) is 0 Å². The minimum atomic E-state index is -0.0517. The number of rotatable bonds is 8. The standard InChI is InChI=1S/C65H47N/c1-65(2)63-23-12-11-20-60(63)61-41-32-51(43-64(61)65)45-26-35-53(36-27-45)66(54-37-28-49(29-38-54)56-21-13-22-58-55-19-10-9-18-48(55)30-40-59(56)58)52-33-24-44(25-34-52)50-31-39-57(46-14-5-3-6-15-46)62(42-50)47-16-7-4-8-17-47/h3-43H,1-2H3. The summed E-state index contributed by atoms with van der Waals surface area (Å²) in [6, 6.07) is 91.3. The maximum absolute atomic E-state index is 2.41. The molecule has 0 heterocycles. The van der Waals surface area contributed by atoms with Crippen LogP contribution in [0.4, 0.5) is 17.1 Å². The Balaban J connectivity index is 0.925. The van der Waals surface area contributed by atoms with Gasteiger partial charge >= 0.3 is 0 Å². The van der Waals surface area contributed by atoms with E-state index in [4.69, 9.17) is 0 Å². The highest BCUT2D eigenvalue weighted by Gasteiger charge is 2.35. The first-order valence-corrected chi connectivity index (χ1v) is 23.0. The largest absolute Gasteiger partial charge is 0.311 e. The van der Waals surface area contributed by atoms with Gasteiger partial charge in [0.1, 0.15) is 0 Å². The molecule has 0 saturated heterocycles. The SMILES string of the molecule is CC1(C)c2ccccc2-c2ccc(-c3ccc(N(c4ccc(-c5ccc(-c6ccccc6)c(-c6ccccc6)c5)cc4)c4ccc(-c5cccc6c5ccc5ccccc56)cc4)cc3)cc21. The predicted molar refractivity (Wildman–Crippen MR) is 281 cm³/mol. The van der Waals surface area contributed by atoms with Gasteiger partial charge in [0.15, 0.2) is 0 Å². The normalized spacial score (nSPS) is 12.5. The molecule has 0 radical (unpaired) electrons. The summed E-state index contributed by atoms with van der Waals surface area (Å²) in [5.41, 5.74) is 20.8. The Hall–Kier alpha value is -8.26. The second-order valence-corrected chi connectivity index (χ2v) is 18.1. The van der Waals surface area contributed by atoms with Crippen molar-refractivity contribution in [2.45, 2.75) is 19.3 Å². The fraction of sp³-hybridized carbons (Fsp3) is 0.0462. The van der Waals surface area contributed by atoms with E-state index in [-0.39, 0.29) is 5.41 Å². The number of hydrogen-bond donors (Lipinski definition) is 0. The van der Waals surface area contributed by atoms with Gasteiger partial charge in [-0.3, -0.25) is 0 Å². The molecule has 0 N–H and O–H groups in total. The van der Waals surface area contributed by atoms with E-state index in [9.17, 15) is 0 Å². The van der Waals surface area contributed by atoms with Crippen molar-refractivity contribution in [3.8, 4) is 66.8 Å². The Bertz CT molecular complexity index is 3570. The van der Waals surface area contributed by atoms with E-state index >= 15 is 0 Å². The van der Waals surface area contributed by atoms with Crippen LogP contribution in [0.25, 0.3) is 88.3 Å². The van der Waals surface area contributed by atoms with Crippen molar-refractivity contribution in [1.82, 2.24) is 0 Å². The Kier molecular flexibility index (Phi) is 9.58. The smallest absolute Gasteiger partial charge is 0.0462 e. The van der Waals surface area contributed by atoms with Gasteiger partial charge in [0.05, 0.1) is 0 Å². The first-order chi connectivity index (χ1) is 32.5. The van der Waals surface area contributed by atoms with Crippen LogP contribution in [-0.2, 0) is 5.41 Å². The van der Waals surface area contributed by atoms with Crippen LogP contribution >= 0.6 is 0 Å². The molecule has 0 aliphatic heterocycles. The molecule has 1 aliphatic rings. The van der Waals surface area contributed by atoms with E-state index in [0.29, 0.717) is 0 Å². The Morgan fingerprint density at radius 1 is 0.258 bits per heavy atom. The summed E-state index contributed by atoms with van der Waals surface area (Å²) in [5.74, 6) is 0. The first-order valence-electron chi connectivity index (χ1n) is 23.0. The van der Waals surface area contributed by atoms with Gasteiger partial charge in [-0.2, -0.15) is 0 Å². The number of anilines is 3.